The number of hydrogen-bond acceptors (Lipinski definition) is 4. The largest absolute Gasteiger partial charge is 0.269 e. The molecule has 0 fully saturated rings. The van der Waals surface area contributed by atoms with Gasteiger partial charge in [0, 0.05) is 12.3 Å². The molecular weight excluding hydrogens is 331 g/mol. The Morgan fingerprint density at radius 3 is 2.75 bits per heavy atom. The summed E-state index contributed by atoms with van der Waals surface area (Å²) in [6, 6.07) is 6.08. The SMILES string of the molecule is O=C(C=Cc1cncc(F)c1)NS(=O)(=O)c1ccc2c(c1)CCC2. The number of amides is 1. The molecule has 2 aromatic rings. The Morgan fingerprint density at radius 1 is 1.17 bits per heavy atom. The maximum Gasteiger partial charge on any atom is 0.264 e. The van der Waals surface area contributed by atoms with Gasteiger partial charge in [-0.2, -0.15) is 0 Å². The van der Waals surface area contributed by atoms with Crippen molar-refractivity contribution in [2.24, 2.45) is 0 Å². The van der Waals surface area contributed by atoms with Gasteiger partial charge in [0.2, 0.25) is 0 Å². The molecule has 0 radical (unpaired) electrons. The Balaban J connectivity index is 1.73. The molecule has 1 aliphatic carbocycles. The molecule has 0 aliphatic heterocycles. The number of nitrogens with one attached hydrogen (secondary N) is 1. The van der Waals surface area contributed by atoms with Gasteiger partial charge in [0.25, 0.3) is 15.9 Å². The molecule has 124 valence electrons. The van der Waals surface area contributed by atoms with Crippen LogP contribution in [0.3, 0.4) is 0 Å². The Bertz CT molecular complexity index is 923. The van der Waals surface area contributed by atoms with Crippen LogP contribution >= 0.6 is 0 Å². The van der Waals surface area contributed by atoms with Crippen molar-refractivity contribution in [3.05, 3.63) is 65.2 Å². The van der Waals surface area contributed by atoms with Gasteiger partial charge in [-0.3, -0.25) is 9.78 Å². The van der Waals surface area contributed by atoms with E-state index in [-0.39, 0.29) is 4.90 Å². The quantitative estimate of drug-likeness (QED) is 0.862. The molecule has 1 heterocycles. The van der Waals surface area contributed by atoms with Crippen molar-refractivity contribution in [2.45, 2.75) is 24.2 Å². The van der Waals surface area contributed by atoms with Crippen LogP contribution in [-0.2, 0) is 27.7 Å². The number of aryl methyl sites for hydroxylation is 2. The van der Waals surface area contributed by atoms with Crippen LogP contribution in [0.4, 0.5) is 4.39 Å². The lowest BCUT2D eigenvalue weighted by atomic mass is 10.1. The van der Waals surface area contributed by atoms with E-state index in [9.17, 15) is 17.6 Å². The average Bonchev–Trinajstić information content (AvgIpc) is 3.00. The highest BCUT2D eigenvalue weighted by Crippen LogP contribution is 2.24. The van der Waals surface area contributed by atoms with E-state index in [4.69, 9.17) is 0 Å². The number of aromatic nitrogens is 1. The van der Waals surface area contributed by atoms with Gasteiger partial charge in [0.15, 0.2) is 0 Å². The first kappa shape index (κ1) is 16.3. The molecule has 0 saturated heterocycles. The first-order chi connectivity index (χ1) is 11.4. The predicted octanol–water partition coefficient (Wildman–Crippen LogP) is 2.23. The lowest BCUT2D eigenvalue weighted by Crippen LogP contribution is -2.29. The minimum Gasteiger partial charge on any atom is -0.269 e. The zero-order valence-corrected chi connectivity index (χ0v) is 13.5. The molecule has 3 rings (SSSR count). The minimum atomic E-state index is -3.93. The molecule has 1 aromatic carbocycles. The first-order valence-electron chi connectivity index (χ1n) is 7.41. The van der Waals surface area contributed by atoms with E-state index < -0.39 is 21.7 Å². The Hall–Kier alpha value is -2.54. The van der Waals surface area contributed by atoms with Crippen molar-refractivity contribution in [1.29, 1.82) is 0 Å². The van der Waals surface area contributed by atoms with Gasteiger partial charge in [-0.15, -0.1) is 0 Å². The molecule has 0 saturated carbocycles. The Morgan fingerprint density at radius 2 is 1.96 bits per heavy atom. The van der Waals surface area contributed by atoms with E-state index in [1.54, 1.807) is 12.1 Å². The molecule has 1 aliphatic rings. The summed E-state index contributed by atoms with van der Waals surface area (Å²) in [5, 5.41) is 0. The van der Waals surface area contributed by atoms with Gasteiger partial charge >= 0.3 is 0 Å². The van der Waals surface area contributed by atoms with Crippen LogP contribution in [0.15, 0.2) is 47.6 Å². The number of benzene rings is 1. The second-order valence-electron chi connectivity index (χ2n) is 5.52. The molecule has 0 bridgehead atoms. The van der Waals surface area contributed by atoms with Crippen LogP contribution in [0.1, 0.15) is 23.1 Å². The molecule has 5 nitrogen and oxygen atoms in total. The number of rotatable bonds is 4. The fourth-order valence-electron chi connectivity index (χ4n) is 2.63. The van der Waals surface area contributed by atoms with Gasteiger partial charge < -0.3 is 0 Å². The second kappa shape index (κ2) is 6.52. The van der Waals surface area contributed by atoms with E-state index >= 15 is 0 Å². The Labute approximate surface area is 139 Å². The fourth-order valence-corrected chi connectivity index (χ4v) is 3.63. The number of sulfonamides is 1. The van der Waals surface area contributed by atoms with Crippen LogP contribution in [0.2, 0.25) is 0 Å². The normalized spacial score (nSPS) is 13.9. The summed E-state index contributed by atoms with van der Waals surface area (Å²) < 4.78 is 39.5. The summed E-state index contributed by atoms with van der Waals surface area (Å²) in [6.07, 6.45) is 7.53. The molecule has 0 unspecified atom stereocenters. The summed E-state index contributed by atoms with van der Waals surface area (Å²) in [4.78, 5) is 15.5. The third-order valence-corrected chi connectivity index (χ3v) is 5.11. The van der Waals surface area contributed by atoms with Crippen LogP contribution in [0, 0.1) is 5.82 Å². The van der Waals surface area contributed by atoms with E-state index in [2.05, 4.69) is 4.98 Å². The lowest BCUT2D eigenvalue weighted by molar-refractivity contribution is -0.114. The number of carbonyl (C=O) groups is 1. The standard InChI is InChI=1S/C17H15FN2O3S/c18-15-8-12(10-19-11-15)4-7-17(21)20-24(22,23)16-6-5-13-2-1-3-14(13)9-16/h4-11H,1-3H2,(H,20,21). The Kier molecular flexibility index (Phi) is 4.44. The molecule has 24 heavy (non-hydrogen) atoms. The third-order valence-electron chi connectivity index (χ3n) is 3.77. The van der Waals surface area contributed by atoms with Crippen molar-refractivity contribution in [1.82, 2.24) is 9.71 Å². The summed E-state index contributed by atoms with van der Waals surface area (Å²) in [5.74, 6) is -1.34. The minimum absolute atomic E-state index is 0.0670. The van der Waals surface area contributed by atoms with Gasteiger partial charge in [0.1, 0.15) is 5.82 Å². The van der Waals surface area contributed by atoms with Crippen molar-refractivity contribution in [2.75, 3.05) is 0 Å². The van der Waals surface area contributed by atoms with Gasteiger partial charge in [-0.1, -0.05) is 6.07 Å². The fraction of sp³-hybridized carbons (Fsp3) is 0.176. The summed E-state index contributed by atoms with van der Waals surface area (Å²) >= 11 is 0. The smallest absolute Gasteiger partial charge is 0.264 e. The number of carbonyl (C=O) groups excluding carboxylic acids is 1. The lowest BCUT2D eigenvalue weighted by Gasteiger charge is -2.07. The van der Waals surface area contributed by atoms with E-state index in [1.165, 1.54) is 24.4 Å². The summed E-state index contributed by atoms with van der Waals surface area (Å²) in [6.45, 7) is 0. The highest BCUT2D eigenvalue weighted by molar-refractivity contribution is 7.90. The van der Waals surface area contributed by atoms with E-state index in [1.807, 2.05) is 4.72 Å². The average molecular weight is 346 g/mol. The third kappa shape index (κ3) is 3.68. The number of pyridine rings is 1. The van der Waals surface area contributed by atoms with Crippen molar-refractivity contribution < 1.29 is 17.6 Å². The van der Waals surface area contributed by atoms with Gasteiger partial charge in [-0.05, 0) is 60.2 Å². The molecule has 1 amide bonds. The van der Waals surface area contributed by atoms with E-state index in [0.29, 0.717) is 5.56 Å². The zero-order chi connectivity index (χ0) is 17.2. The highest BCUT2D eigenvalue weighted by atomic mass is 32.2. The van der Waals surface area contributed by atoms with Crippen LogP contribution < -0.4 is 4.72 Å². The molecule has 0 atom stereocenters. The van der Waals surface area contributed by atoms with Crippen LogP contribution in [0.25, 0.3) is 6.08 Å². The summed E-state index contributed by atoms with van der Waals surface area (Å²) in [7, 11) is -3.93. The zero-order valence-electron chi connectivity index (χ0n) is 12.7. The van der Waals surface area contributed by atoms with Gasteiger partial charge in [-0.25, -0.2) is 17.5 Å². The molecule has 1 aromatic heterocycles. The predicted molar refractivity (Wildman–Crippen MR) is 87.0 cm³/mol. The van der Waals surface area contributed by atoms with Crippen LogP contribution in [0.5, 0.6) is 0 Å². The van der Waals surface area contributed by atoms with Crippen molar-refractivity contribution >= 4 is 22.0 Å². The maximum absolute atomic E-state index is 13.0. The van der Waals surface area contributed by atoms with Gasteiger partial charge in [0.05, 0.1) is 11.1 Å². The molecule has 1 N–H and O–H groups in total. The maximum atomic E-state index is 13.0. The summed E-state index contributed by atoms with van der Waals surface area (Å²) in [5.41, 5.74) is 2.52. The molecule has 7 heteroatoms. The van der Waals surface area contributed by atoms with Crippen molar-refractivity contribution in [3.63, 3.8) is 0 Å². The number of nitrogens with zero attached hydrogens (tertiary/aromatic N) is 1. The topological polar surface area (TPSA) is 76.1 Å². The number of fused-ring (bicyclic) bond motifs is 1. The first-order valence-corrected chi connectivity index (χ1v) is 8.89. The van der Waals surface area contributed by atoms with Crippen LogP contribution in [-0.4, -0.2) is 19.3 Å². The van der Waals surface area contributed by atoms with Crippen molar-refractivity contribution in [3.8, 4) is 0 Å². The number of hydrogen-bond donors (Lipinski definition) is 1. The monoisotopic (exact) mass is 346 g/mol. The molecule has 0 spiro atoms. The van der Waals surface area contributed by atoms with E-state index in [0.717, 1.165) is 42.7 Å². The molecular formula is C17H15FN2O3S. The number of halogens is 1. The highest BCUT2D eigenvalue weighted by Gasteiger charge is 2.19. The second-order valence-corrected chi connectivity index (χ2v) is 7.21.